The van der Waals surface area contributed by atoms with Crippen LogP contribution in [-0.4, -0.2) is 43.9 Å². The predicted octanol–water partition coefficient (Wildman–Crippen LogP) is 4.38. The van der Waals surface area contributed by atoms with Gasteiger partial charge in [0.1, 0.15) is 0 Å². The minimum atomic E-state index is 0.0894. The van der Waals surface area contributed by atoms with Crippen molar-refractivity contribution in [1.82, 2.24) is 19.8 Å². The second kappa shape index (κ2) is 8.74. The Hall–Kier alpha value is -1.78. The normalized spacial score (nSPS) is 12.8. The molecular weight excluding hydrogens is 320 g/mol. The second-order valence-corrected chi connectivity index (χ2v) is 8.83. The smallest absolute Gasteiger partial charge is 0.0544 e. The number of aromatic nitrogens is 2. The van der Waals surface area contributed by atoms with Crippen molar-refractivity contribution < 1.29 is 0 Å². The molecule has 4 heteroatoms. The van der Waals surface area contributed by atoms with Crippen LogP contribution in [0.1, 0.15) is 52.9 Å². The summed E-state index contributed by atoms with van der Waals surface area (Å²) in [5.74, 6) is 0. The Morgan fingerprint density at radius 3 is 1.31 bits per heavy atom. The van der Waals surface area contributed by atoms with Gasteiger partial charge in [-0.25, -0.2) is 0 Å². The molecule has 0 aliphatic rings. The van der Waals surface area contributed by atoms with E-state index in [1.54, 1.807) is 0 Å². The SMILES string of the molecule is CC(C)(C)N(CCN(Cc1ccccn1)C(C)(C)C)Cc1ccccn1. The van der Waals surface area contributed by atoms with Crippen molar-refractivity contribution in [3.8, 4) is 0 Å². The number of pyridine rings is 2. The molecule has 4 nitrogen and oxygen atoms in total. The van der Waals surface area contributed by atoms with Crippen LogP contribution in [0.3, 0.4) is 0 Å². The number of hydrogen-bond donors (Lipinski definition) is 0. The van der Waals surface area contributed by atoms with E-state index in [0.29, 0.717) is 0 Å². The van der Waals surface area contributed by atoms with Gasteiger partial charge in [0.25, 0.3) is 0 Å². The lowest BCUT2D eigenvalue weighted by atomic mass is 10.0. The zero-order valence-electron chi connectivity index (χ0n) is 17.2. The van der Waals surface area contributed by atoms with Gasteiger partial charge >= 0.3 is 0 Å². The van der Waals surface area contributed by atoms with Gasteiger partial charge in [0.15, 0.2) is 0 Å². The van der Waals surface area contributed by atoms with E-state index in [2.05, 4.69) is 85.6 Å². The number of rotatable bonds is 7. The Bertz CT molecular complexity index is 582. The van der Waals surface area contributed by atoms with Crippen LogP contribution in [0.25, 0.3) is 0 Å². The van der Waals surface area contributed by atoms with E-state index in [0.717, 1.165) is 37.6 Å². The Labute approximate surface area is 159 Å². The average Bonchev–Trinajstić information content (AvgIpc) is 2.57. The van der Waals surface area contributed by atoms with Gasteiger partial charge in [-0.1, -0.05) is 12.1 Å². The molecule has 0 unspecified atom stereocenters. The molecule has 142 valence electrons. The highest BCUT2D eigenvalue weighted by Crippen LogP contribution is 2.20. The molecular formula is C22H34N4. The highest BCUT2D eigenvalue weighted by Gasteiger charge is 2.26. The fourth-order valence-corrected chi connectivity index (χ4v) is 2.92. The molecule has 2 rings (SSSR count). The van der Waals surface area contributed by atoms with Gasteiger partial charge < -0.3 is 0 Å². The molecule has 0 aliphatic carbocycles. The first-order valence-corrected chi connectivity index (χ1v) is 9.46. The average molecular weight is 355 g/mol. The lowest BCUT2D eigenvalue weighted by Crippen LogP contribution is -2.49. The van der Waals surface area contributed by atoms with E-state index in [9.17, 15) is 0 Å². The van der Waals surface area contributed by atoms with Crippen molar-refractivity contribution in [1.29, 1.82) is 0 Å². The van der Waals surface area contributed by atoms with Gasteiger partial charge in [-0.2, -0.15) is 0 Å². The third kappa shape index (κ3) is 6.50. The van der Waals surface area contributed by atoms with Gasteiger partial charge in [-0.3, -0.25) is 19.8 Å². The van der Waals surface area contributed by atoms with Crippen molar-refractivity contribution in [2.75, 3.05) is 13.1 Å². The van der Waals surface area contributed by atoms with Crippen LogP contribution >= 0.6 is 0 Å². The molecule has 0 amide bonds. The summed E-state index contributed by atoms with van der Waals surface area (Å²) in [6.07, 6.45) is 3.75. The first-order valence-electron chi connectivity index (χ1n) is 9.46. The van der Waals surface area contributed by atoms with Crippen molar-refractivity contribution >= 4 is 0 Å². The molecule has 2 aromatic heterocycles. The summed E-state index contributed by atoms with van der Waals surface area (Å²) in [4.78, 5) is 14.0. The summed E-state index contributed by atoms with van der Waals surface area (Å²) in [6, 6.07) is 12.3. The van der Waals surface area contributed by atoms with Gasteiger partial charge in [-0.05, 0) is 65.8 Å². The van der Waals surface area contributed by atoms with Gasteiger partial charge in [-0.15, -0.1) is 0 Å². The minimum Gasteiger partial charge on any atom is -0.291 e. The molecule has 0 N–H and O–H groups in total. The molecule has 0 spiro atoms. The monoisotopic (exact) mass is 354 g/mol. The fraction of sp³-hybridized carbons (Fsp3) is 0.545. The van der Waals surface area contributed by atoms with Crippen LogP contribution in [0.2, 0.25) is 0 Å². The highest BCUT2D eigenvalue weighted by atomic mass is 15.3. The van der Waals surface area contributed by atoms with Gasteiger partial charge in [0.05, 0.1) is 11.4 Å². The molecule has 0 radical (unpaired) electrons. The molecule has 0 aliphatic heterocycles. The van der Waals surface area contributed by atoms with Crippen LogP contribution in [-0.2, 0) is 13.1 Å². The first kappa shape index (κ1) is 20.5. The van der Waals surface area contributed by atoms with Crippen LogP contribution in [0.5, 0.6) is 0 Å². The molecule has 26 heavy (non-hydrogen) atoms. The third-order valence-corrected chi connectivity index (χ3v) is 4.70. The topological polar surface area (TPSA) is 32.3 Å². The molecule has 0 atom stereocenters. The quantitative estimate of drug-likeness (QED) is 0.739. The van der Waals surface area contributed by atoms with Crippen LogP contribution < -0.4 is 0 Å². The van der Waals surface area contributed by atoms with E-state index in [4.69, 9.17) is 0 Å². The summed E-state index contributed by atoms with van der Waals surface area (Å²) in [7, 11) is 0. The maximum atomic E-state index is 4.51. The van der Waals surface area contributed by atoms with E-state index in [1.165, 1.54) is 0 Å². The third-order valence-electron chi connectivity index (χ3n) is 4.70. The van der Waals surface area contributed by atoms with Crippen molar-refractivity contribution in [2.45, 2.75) is 65.7 Å². The Morgan fingerprint density at radius 1 is 0.654 bits per heavy atom. The molecule has 0 saturated carbocycles. The first-order chi connectivity index (χ1) is 12.2. The molecule has 0 bridgehead atoms. The summed E-state index contributed by atoms with van der Waals surface area (Å²) < 4.78 is 0. The largest absolute Gasteiger partial charge is 0.291 e. The van der Waals surface area contributed by atoms with Gasteiger partial charge in [0.2, 0.25) is 0 Å². The Kier molecular flexibility index (Phi) is 6.90. The van der Waals surface area contributed by atoms with Crippen LogP contribution in [0.15, 0.2) is 48.8 Å². The summed E-state index contributed by atoms with van der Waals surface area (Å²) in [5, 5.41) is 0. The van der Waals surface area contributed by atoms with E-state index in [1.807, 2.05) is 24.5 Å². The fourth-order valence-electron chi connectivity index (χ4n) is 2.92. The lowest BCUT2D eigenvalue weighted by Gasteiger charge is -2.40. The van der Waals surface area contributed by atoms with Crippen molar-refractivity contribution in [3.05, 3.63) is 60.2 Å². The zero-order chi connectivity index (χ0) is 19.2. The van der Waals surface area contributed by atoms with E-state index >= 15 is 0 Å². The van der Waals surface area contributed by atoms with Crippen molar-refractivity contribution in [2.24, 2.45) is 0 Å². The number of nitrogens with zero attached hydrogens (tertiary/aromatic N) is 4. The molecule has 2 aromatic rings. The highest BCUT2D eigenvalue weighted by molar-refractivity contribution is 5.05. The summed E-state index contributed by atoms with van der Waals surface area (Å²) in [5.41, 5.74) is 2.42. The van der Waals surface area contributed by atoms with Crippen LogP contribution in [0.4, 0.5) is 0 Å². The second-order valence-electron chi connectivity index (χ2n) is 8.83. The van der Waals surface area contributed by atoms with Gasteiger partial charge in [0, 0.05) is 49.7 Å². The molecule has 2 heterocycles. The maximum Gasteiger partial charge on any atom is 0.0544 e. The zero-order valence-corrected chi connectivity index (χ0v) is 17.2. The predicted molar refractivity (Wildman–Crippen MR) is 109 cm³/mol. The number of hydrogen-bond acceptors (Lipinski definition) is 4. The Balaban J connectivity index is 2.07. The molecule has 0 aromatic carbocycles. The molecule has 0 saturated heterocycles. The van der Waals surface area contributed by atoms with E-state index < -0.39 is 0 Å². The summed E-state index contributed by atoms with van der Waals surface area (Å²) in [6.45, 7) is 17.4. The van der Waals surface area contributed by atoms with Crippen LogP contribution in [0, 0.1) is 0 Å². The summed E-state index contributed by atoms with van der Waals surface area (Å²) >= 11 is 0. The van der Waals surface area contributed by atoms with Crippen molar-refractivity contribution in [3.63, 3.8) is 0 Å². The Morgan fingerprint density at radius 2 is 1.04 bits per heavy atom. The standard InChI is InChI=1S/C22H34N4/c1-21(2,3)25(17-19-11-7-9-13-23-19)15-16-26(22(4,5)6)18-20-12-8-10-14-24-20/h7-14H,15-18H2,1-6H3. The van der Waals surface area contributed by atoms with E-state index in [-0.39, 0.29) is 11.1 Å². The minimum absolute atomic E-state index is 0.0894. The lowest BCUT2D eigenvalue weighted by molar-refractivity contribution is 0.0676. The molecule has 0 fully saturated rings. The maximum absolute atomic E-state index is 4.51.